The topological polar surface area (TPSA) is 96.9 Å². The molecule has 0 saturated carbocycles. The smallest absolute Gasteiger partial charge is 0.389 e. The predicted molar refractivity (Wildman–Crippen MR) is 158 cm³/mol. The highest BCUT2D eigenvalue weighted by molar-refractivity contribution is 6.20. The van der Waals surface area contributed by atoms with Gasteiger partial charge in [0.1, 0.15) is 11.4 Å². The van der Waals surface area contributed by atoms with E-state index < -0.39 is 66.2 Å². The summed E-state index contributed by atoms with van der Waals surface area (Å²) in [5, 5.41) is 5.21. The van der Waals surface area contributed by atoms with Gasteiger partial charge in [-0.3, -0.25) is 14.4 Å². The molecule has 3 aromatic rings. The zero-order valence-electron chi connectivity index (χ0n) is 24.7. The van der Waals surface area contributed by atoms with Gasteiger partial charge in [0.15, 0.2) is 0 Å². The molecule has 1 aliphatic heterocycles. The molecular weight excluding hydrogens is 578 g/mol. The Hall–Kier alpha value is -4.54. The molecule has 4 rings (SSSR count). The van der Waals surface area contributed by atoms with Crippen LogP contribution in [0.5, 0.6) is 0 Å². The first-order valence-electron chi connectivity index (χ1n) is 14.0. The molecule has 0 aromatic heterocycles. The van der Waals surface area contributed by atoms with E-state index in [4.69, 9.17) is 4.74 Å². The summed E-state index contributed by atoms with van der Waals surface area (Å²) in [6.45, 7) is 6.57. The Bertz CT molecular complexity index is 1570. The molecule has 1 unspecified atom stereocenters. The van der Waals surface area contributed by atoms with Crippen molar-refractivity contribution in [1.82, 2.24) is 5.32 Å². The highest BCUT2D eigenvalue weighted by Gasteiger charge is 2.42. The number of fused-ring (bicyclic) bond motifs is 1. The highest BCUT2D eigenvalue weighted by atomic mass is 19.4. The summed E-state index contributed by atoms with van der Waals surface area (Å²) in [6, 6.07) is 18.6. The van der Waals surface area contributed by atoms with Crippen molar-refractivity contribution in [1.29, 1.82) is 0 Å². The maximum Gasteiger partial charge on any atom is 0.389 e. The Morgan fingerprint density at radius 1 is 1.00 bits per heavy atom. The fraction of sp³-hybridized carbons (Fsp3) is 0.333. The maximum atomic E-state index is 14.3. The van der Waals surface area contributed by atoms with Crippen molar-refractivity contribution in [3.8, 4) is 0 Å². The lowest BCUT2D eigenvalue weighted by molar-refractivity contribution is -0.162. The van der Waals surface area contributed by atoms with Crippen LogP contribution >= 0.6 is 0 Å². The fourth-order valence-corrected chi connectivity index (χ4v) is 5.01. The second-order valence-electron chi connectivity index (χ2n) is 11.6. The van der Waals surface area contributed by atoms with Crippen LogP contribution in [-0.4, -0.2) is 41.4 Å². The van der Waals surface area contributed by atoms with Crippen molar-refractivity contribution in [3.63, 3.8) is 0 Å². The average Bonchev–Trinajstić information content (AvgIpc) is 3.07. The van der Waals surface area contributed by atoms with Crippen LogP contribution in [0.2, 0.25) is 0 Å². The highest BCUT2D eigenvalue weighted by Crippen LogP contribution is 2.35. The minimum atomic E-state index is -4.63. The van der Waals surface area contributed by atoms with Gasteiger partial charge in [-0.2, -0.15) is 13.2 Å². The Morgan fingerprint density at radius 3 is 2.32 bits per heavy atom. The number of para-hydroxylation sites is 1. The third-order valence-corrected chi connectivity index (χ3v) is 6.96. The summed E-state index contributed by atoms with van der Waals surface area (Å²) < 4.78 is 60.3. The molecule has 0 aliphatic carbocycles. The number of anilines is 1. The number of esters is 1. The molecule has 7 nitrogen and oxygen atoms in total. The summed E-state index contributed by atoms with van der Waals surface area (Å²) in [5.74, 6) is -6.20. The Morgan fingerprint density at radius 2 is 1.68 bits per heavy atom. The van der Waals surface area contributed by atoms with Gasteiger partial charge in [-0.15, -0.1) is 0 Å². The van der Waals surface area contributed by atoms with Gasteiger partial charge in [0.2, 0.25) is 12.1 Å². The number of ether oxygens (including phenoxy) is 1. The van der Waals surface area contributed by atoms with Crippen molar-refractivity contribution in [2.24, 2.45) is 10.9 Å². The summed E-state index contributed by atoms with van der Waals surface area (Å²) in [7, 11) is 0. The fourth-order valence-electron chi connectivity index (χ4n) is 5.01. The van der Waals surface area contributed by atoms with E-state index >= 15 is 0 Å². The van der Waals surface area contributed by atoms with Gasteiger partial charge in [0, 0.05) is 17.5 Å². The third kappa shape index (κ3) is 8.09. The number of nitrogens with one attached hydrogen (secondary N) is 2. The SMILES string of the molecule is Cc1cccc2c1NC(=O)C(NC(=O)[C@H](CCC(F)(F)F)[C@@H](C(=O)OC(C)(C)C)c1ccccc1)N=C2c1cccc(F)c1. The first-order chi connectivity index (χ1) is 20.6. The molecule has 44 heavy (non-hydrogen) atoms. The number of carbonyl (C=O) groups excluding carboxylic acids is 3. The molecule has 2 amide bonds. The first-order valence-corrected chi connectivity index (χ1v) is 14.0. The number of benzene rings is 3. The van der Waals surface area contributed by atoms with Crippen molar-refractivity contribution in [2.45, 2.75) is 64.4 Å². The molecular formula is C33H33F4N3O4. The van der Waals surface area contributed by atoms with Crippen molar-refractivity contribution in [2.75, 3.05) is 5.32 Å². The molecule has 3 atom stereocenters. The van der Waals surface area contributed by atoms with E-state index in [2.05, 4.69) is 15.6 Å². The molecule has 0 radical (unpaired) electrons. The number of aliphatic imine (C=N–C) groups is 1. The van der Waals surface area contributed by atoms with Gasteiger partial charge in [-0.05, 0) is 57.4 Å². The maximum absolute atomic E-state index is 14.3. The zero-order valence-corrected chi connectivity index (χ0v) is 24.7. The van der Waals surface area contributed by atoms with E-state index in [1.54, 1.807) is 70.2 Å². The van der Waals surface area contributed by atoms with Crippen LogP contribution in [0, 0.1) is 18.7 Å². The first kappa shape index (κ1) is 32.4. The van der Waals surface area contributed by atoms with Gasteiger partial charge in [-0.1, -0.05) is 60.7 Å². The Balaban J connectivity index is 1.78. The van der Waals surface area contributed by atoms with Crippen molar-refractivity contribution in [3.05, 3.63) is 101 Å². The number of nitrogens with zero attached hydrogens (tertiary/aromatic N) is 1. The Kier molecular flexibility index (Phi) is 9.56. The number of amides is 2. The molecule has 1 heterocycles. The number of alkyl halides is 3. The molecule has 1 aliphatic rings. The van der Waals surface area contributed by atoms with Crippen LogP contribution in [-0.2, 0) is 19.1 Å². The van der Waals surface area contributed by atoms with E-state index in [1.165, 1.54) is 30.3 Å². The average molecular weight is 612 g/mol. The number of rotatable bonds is 8. The van der Waals surface area contributed by atoms with E-state index in [1.807, 2.05) is 0 Å². The van der Waals surface area contributed by atoms with Gasteiger partial charge in [-0.25, -0.2) is 9.38 Å². The number of halogens is 4. The van der Waals surface area contributed by atoms with Crippen LogP contribution in [0.15, 0.2) is 77.8 Å². The summed E-state index contributed by atoms with van der Waals surface area (Å²) >= 11 is 0. The van der Waals surface area contributed by atoms with Gasteiger partial charge >= 0.3 is 12.1 Å². The molecule has 11 heteroatoms. The number of hydrogen-bond donors (Lipinski definition) is 2. The monoisotopic (exact) mass is 611 g/mol. The van der Waals surface area contributed by atoms with E-state index in [0.29, 0.717) is 22.4 Å². The molecule has 2 N–H and O–H groups in total. The standard InChI is InChI=1S/C33H33F4N3O4/c1-19-10-8-15-24-26(19)39-30(42)28(38-27(24)21-13-9-14-22(34)18-21)40-29(41)23(16-17-33(35,36)37)25(20-11-6-5-7-12-20)31(43)44-32(2,3)4/h5-15,18,23,25,28H,16-17H2,1-4H3,(H,39,42)(H,40,41)/t23-,25+,28?/m1/s1. The number of hydrogen-bond acceptors (Lipinski definition) is 5. The van der Waals surface area contributed by atoms with Crippen molar-refractivity contribution >= 4 is 29.2 Å². The Labute approximate surface area is 252 Å². The largest absolute Gasteiger partial charge is 0.459 e. The molecule has 0 fully saturated rings. The summed E-state index contributed by atoms with van der Waals surface area (Å²) in [4.78, 5) is 45.3. The molecule has 3 aromatic carbocycles. The number of benzodiazepines with no additional fused rings is 1. The second kappa shape index (κ2) is 13.0. The molecule has 0 saturated heterocycles. The summed E-state index contributed by atoms with van der Waals surface area (Å²) in [5.41, 5.74) is 1.31. The van der Waals surface area contributed by atoms with Gasteiger partial charge in [0.05, 0.1) is 23.2 Å². The lowest BCUT2D eigenvalue weighted by Crippen LogP contribution is -2.47. The number of carbonyl (C=O) groups is 3. The van der Waals surface area contributed by atoms with Crippen LogP contribution in [0.25, 0.3) is 0 Å². The molecule has 0 bridgehead atoms. The van der Waals surface area contributed by atoms with Crippen LogP contribution in [0.3, 0.4) is 0 Å². The van der Waals surface area contributed by atoms with Gasteiger partial charge in [0.25, 0.3) is 5.91 Å². The lowest BCUT2D eigenvalue weighted by atomic mass is 9.82. The van der Waals surface area contributed by atoms with Crippen LogP contribution < -0.4 is 10.6 Å². The quantitative estimate of drug-likeness (QED) is 0.226. The van der Waals surface area contributed by atoms with Gasteiger partial charge < -0.3 is 15.4 Å². The normalized spacial score (nSPS) is 16.5. The minimum Gasteiger partial charge on any atom is -0.459 e. The van der Waals surface area contributed by atoms with E-state index in [0.717, 1.165) is 0 Å². The molecule has 232 valence electrons. The van der Waals surface area contributed by atoms with E-state index in [9.17, 15) is 31.9 Å². The lowest BCUT2D eigenvalue weighted by Gasteiger charge is -2.30. The molecule has 0 spiro atoms. The van der Waals surface area contributed by atoms with Crippen LogP contribution in [0.1, 0.15) is 61.8 Å². The predicted octanol–water partition coefficient (Wildman–Crippen LogP) is 6.45. The van der Waals surface area contributed by atoms with E-state index in [-0.39, 0.29) is 11.3 Å². The minimum absolute atomic E-state index is 0.186. The zero-order chi connectivity index (χ0) is 32.2. The third-order valence-electron chi connectivity index (χ3n) is 6.96. The van der Waals surface area contributed by atoms with Crippen molar-refractivity contribution < 1.29 is 36.7 Å². The summed E-state index contributed by atoms with van der Waals surface area (Å²) in [6.07, 6.45) is -8.37. The van der Waals surface area contributed by atoms with Crippen LogP contribution in [0.4, 0.5) is 23.2 Å². The second-order valence-corrected chi connectivity index (χ2v) is 11.6. The number of aryl methyl sites for hydroxylation is 1.